The first-order valence-corrected chi connectivity index (χ1v) is 15.6. The van der Waals surface area contributed by atoms with Crippen molar-refractivity contribution in [2.24, 2.45) is 11.0 Å². The van der Waals surface area contributed by atoms with E-state index in [2.05, 4.69) is 37.6 Å². The van der Waals surface area contributed by atoms with Gasteiger partial charge in [0.1, 0.15) is 11.8 Å². The Morgan fingerprint density at radius 1 is 1.02 bits per heavy atom. The van der Waals surface area contributed by atoms with Crippen molar-refractivity contribution < 1.29 is 9.90 Å². The number of allylic oxidation sites excluding steroid dienone is 6. The standard InChI is InChI=1S/C29H33N3O2.C5H10.2C2H6/c1-5-7-9-12-22(4)32-28(29(34)30-20-19-23-15-17-25(33)18-16-23)26(21(3)6-2)27(31-32)24-13-10-8-11-14-24;1-3-5-4-2;2*1-2/h5-18,22,26,28,33H,2-3,19-20H2,1,4H3,(H,30,34);3,5H,4H2,1-2H3;2*1-2H3/b7-5-,12-9-;5-3-;;. The molecule has 5 heteroatoms. The van der Waals surface area contributed by atoms with Crippen LogP contribution in [0.3, 0.4) is 0 Å². The molecule has 0 saturated heterocycles. The van der Waals surface area contributed by atoms with Crippen molar-refractivity contribution in [3.63, 3.8) is 0 Å². The fourth-order valence-corrected chi connectivity index (χ4v) is 4.28. The van der Waals surface area contributed by atoms with Gasteiger partial charge in [0.15, 0.2) is 0 Å². The number of carbonyl (C=O) groups excluding carboxylic acids is 1. The highest BCUT2D eigenvalue weighted by atomic mass is 16.3. The summed E-state index contributed by atoms with van der Waals surface area (Å²) in [6, 6.07) is 16.3. The largest absolute Gasteiger partial charge is 0.508 e. The highest BCUT2D eigenvalue weighted by molar-refractivity contribution is 6.08. The molecule has 2 aromatic rings. The third-order valence-electron chi connectivity index (χ3n) is 6.35. The van der Waals surface area contributed by atoms with Crippen LogP contribution in [0.2, 0.25) is 0 Å². The van der Waals surface area contributed by atoms with Crippen LogP contribution in [0.5, 0.6) is 5.75 Å². The lowest BCUT2D eigenvalue weighted by atomic mass is 9.84. The minimum atomic E-state index is -0.550. The first-order chi connectivity index (χ1) is 20.9. The maximum Gasteiger partial charge on any atom is 0.245 e. The van der Waals surface area contributed by atoms with Crippen LogP contribution in [0.25, 0.3) is 0 Å². The van der Waals surface area contributed by atoms with Gasteiger partial charge in [0, 0.05) is 6.54 Å². The number of aromatic hydroxyl groups is 1. The van der Waals surface area contributed by atoms with Crippen LogP contribution in [-0.2, 0) is 11.2 Å². The third-order valence-corrected chi connectivity index (χ3v) is 6.35. The maximum atomic E-state index is 13.6. The predicted octanol–water partition coefficient (Wildman–Crippen LogP) is 9.04. The summed E-state index contributed by atoms with van der Waals surface area (Å²) >= 11 is 0. The van der Waals surface area contributed by atoms with E-state index in [9.17, 15) is 9.90 Å². The lowest BCUT2D eigenvalue weighted by Crippen LogP contribution is -2.49. The zero-order chi connectivity index (χ0) is 32.6. The Morgan fingerprint density at radius 3 is 2.16 bits per heavy atom. The molecule has 5 nitrogen and oxygen atoms in total. The third kappa shape index (κ3) is 13.2. The summed E-state index contributed by atoms with van der Waals surface area (Å²) in [5.41, 5.74) is 3.57. The van der Waals surface area contributed by atoms with Gasteiger partial charge in [-0.05, 0) is 62.4 Å². The molecule has 0 saturated carbocycles. The van der Waals surface area contributed by atoms with E-state index in [0.29, 0.717) is 13.0 Å². The summed E-state index contributed by atoms with van der Waals surface area (Å²) < 4.78 is 0. The Kier molecular flexibility index (Phi) is 21.2. The second-order valence-electron chi connectivity index (χ2n) is 9.27. The van der Waals surface area contributed by atoms with E-state index < -0.39 is 6.04 Å². The van der Waals surface area contributed by atoms with Gasteiger partial charge < -0.3 is 10.4 Å². The quantitative estimate of drug-likeness (QED) is 0.204. The van der Waals surface area contributed by atoms with Gasteiger partial charge in [-0.1, -0.05) is 133 Å². The number of amides is 1. The van der Waals surface area contributed by atoms with E-state index >= 15 is 0 Å². The molecule has 1 amide bonds. The average Bonchev–Trinajstić information content (AvgIpc) is 3.46. The van der Waals surface area contributed by atoms with E-state index in [1.54, 1.807) is 18.2 Å². The Balaban J connectivity index is 0.00000174. The summed E-state index contributed by atoms with van der Waals surface area (Å²) in [7, 11) is 0. The molecule has 3 atom stereocenters. The van der Waals surface area contributed by atoms with E-state index in [1.807, 2.05) is 120 Å². The van der Waals surface area contributed by atoms with Gasteiger partial charge in [-0.3, -0.25) is 9.80 Å². The number of phenols is 1. The normalized spacial score (nSPS) is 16.3. The molecular formula is C38H55N3O2. The highest BCUT2D eigenvalue weighted by Gasteiger charge is 2.44. The average molecular weight is 586 g/mol. The molecule has 3 rings (SSSR count). The molecule has 0 aliphatic carbocycles. The number of rotatable bonds is 11. The van der Waals surface area contributed by atoms with Gasteiger partial charge in [0.05, 0.1) is 17.7 Å². The van der Waals surface area contributed by atoms with Crippen LogP contribution >= 0.6 is 0 Å². The summed E-state index contributed by atoms with van der Waals surface area (Å²) in [5.74, 6) is -0.190. The van der Waals surface area contributed by atoms with Gasteiger partial charge in [0.2, 0.25) is 5.91 Å². The Bertz CT molecular complexity index is 1180. The number of nitrogens with zero attached hydrogens (tertiary/aromatic N) is 2. The predicted molar refractivity (Wildman–Crippen MR) is 187 cm³/mol. The molecule has 0 spiro atoms. The SMILES string of the molecule is C/C=C\CC.C=CC(=C)C1C(c2ccccc2)=NN(C(C)/C=C\C=C/C)C1C(=O)NCCc1ccc(O)cc1.CC.CC. The van der Waals surface area contributed by atoms with Crippen molar-refractivity contribution in [3.8, 4) is 5.75 Å². The summed E-state index contributed by atoms with van der Waals surface area (Å²) in [4.78, 5) is 13.6. The minimum absolute atomic E-state index is 0.104. The van der Waals surface area contributed by atoms with Crippen molar-refractivity contribution in [2.75, 3.05) is 6.54 Å². The Labute approximate surface area is 262 Å². The van der Waals surface area contributed by atoms with Gasteiger partial charge in [-0.25, -0.2) is 0 Å². The molecule has 43 heavy (non-hydrogen) atoms. The van der Waals surface area contributed by atoms with Crippen LogP contribution in [-0.4, -0.2) is 40.4 Å². The molecule has 2 N–H and O–H groups in total. The van der Waals surface area contributed by atoms with Gasteiger partial charge in [-0.2, -0.15) is 5.10 Å². The number of nitrogens with one attached hydrogen (secondary N) is 1. The summed E-state index contributed by atoms with van der Waals surface area (Å²) in [6.07, 6.45) is 15.6. The lowest BCUT2D eigenvalue weighted by molar-refractivity contribution is -0.127. The molecule has 1 aliphatic rings. The first-order valence-electron chi connectivity index (χ1n) is 15.6. The van der Waals surface area contributed by atoms with Crippen LogP contribution in [0, 0.1) is 5.92 Å². The van der Waals surface area contributed by atoms with Crippen LogP contribution < -0.4 is 5.32 Å². The van der Waals surface area contributed by atoms with Crippen LogP contribution in [0.1, 0.15) is 72.9 Å². The smallest absolute Gasteiger partial charge is 0.245 e. The summed E-state index contributed by atoms with van der Waals surface area (Å²) in [5, 5.41) is 19.4. The van der Waals surface area contributed by atoms with Crippen molar-refractivity contribution in [3.05, 3.63) is 127 Å². The zero-order valence-electron chi connectivity index (χ0n) is 27.8. The van der Waals surface area contributed by atoms with Gasteiger partial charge >= 0.3 is 0 Å². The molecule has 0 aromatic heterocycles. The Hall–Kier alpha value is -4.12. The molecule has 1 heterocycles. The second kappa shape index (κ2) is 23.4. The fraction of sp³-hybridized carbons (Fsp3) is 0.368. The first kappa shape index (κ1) is 38.9. The molecule has 0 radical (unpaired) electrons. The molecule has 2 aromatic carbocycles. The zero-order valence-corrected chi connectivity index (χ0v) is 27.8. The number of hydrazone groups is 1. The molecule has 0 bridgehead atoms. The molecular weight excluding hydrogens is 530 g/mol. The Morgan fingerprint density at radius 2 is 1.65 bits per heavy atom. The topological polar surface area (TPSA) is 64.9 Å². The van der Waals surface area contributed by atoms with E-state index in [1.165, 1.54) is 0 Å². The minimum Gasteiger partial charge on any atom is -0.508 e. The van der Waals surface area contributed by atoms with E-state index in [0.717, 1.165) is 28.8 Å². The second-order valence-corrected chi connectivity index (χ2v) is 9.27. The monoisotopic (exact) mass is 585 g/mol. The van der Waals surface area contributed by atoms with Crippen molar-refractivity contribution >= 4 is 11.6 Å². The molecule has 0 fully saturated rings. The lowest BCUT2D eigenvalue weighted by Gasteiger charge is -2.30. The maximum absolute atomic E-state index is 13.6. The summed E-state index contributed by atoms with van der Waals surface area (Å²) in [6.45, 7) is 24.8. The van der Waals surface area contributed by atoms with Gasteiger partial charge in [0.25, 0.3) is 0 Å². The molecule has 1 aliphatic heterocycles. The number of carbonyl (C=O) groups is 1. The number of hydrogen-bond acceptors (Lipinski definition) is 4. The van der Waals surface area contributed by atoms with Gasteiger partial charge in [-0.15, -0.1) is 0 Å². The fourth-order valence-electron chi connectivity index (χ4n) is 4.28. The molecule has 234 valence electrons. The van der Waals surface area contributed by atoms with Crippen molar-refractivity contribution in [1.29, 1.82) is 0 Å². The number of hydrogen-bond donors (Lipinski definition) is 2. The van der Waals surface area contributed by atoms with Crippen LogP contribution in [0.4, 0.5) is 0 Å². The molecule has 3 unspecified atom stereocenters. The van der Waals surface area contributed by atoms with Crippen molar-refractivity contribution in [2.45, 2.75) is 80.3 Å². The van der Waals surface area contributed by atoms with Crippen molar-refractivity contribution in [1.82, 2.24) is 10.3 Å². The highest BCUT2D eigenvalue weighted by Crippen LogP contribution is 2.33. The number of phenolic OH excluding ortho intramolecular Hbond substituents is 1. The van der Waals surface area contributed by atoms with Crippen LogP contribution in [0.15, 0.2) is 121 Å². The van der Waals surface area contributed by atoms with E-state index in [4.69, 9.17) is 5.10 Å². The number of benzene rings is 2. The van der Waals surface area contributed by atoms with E-state index in [-0.39, 0.29) is 23.6 Å².